The van der Waals surface area contributed by atoms with Crippen LogP contribution in [0.25, 0.3) is 0 Å². The Morgan fingerprint density at radius 3 is 2.62 bits per heavy atom. The van der Waals surface area contributed by atoms with E-state index in [9.17, 15) is 4.79 Å². The molecule has 5 nitrogen and oxygen atoms in total. The van der Waals surface area contributed by atoms with Gasteiger partial charge in [0.1, 0.15) is 0 Å². The summed E-state index contributed by atoms with van der Waals surface area (Å²) in [5, 5.41) is 0. The first-order valence-corrected chi connectivity index (χ1v) is 8.11. The highest BCUT2D eigenvalue weighted by atomic mass is 16.5. The van der Waals surface area contributed by atoms with E-state index in [1.54, 1.807) is 7.11 Å². The third kappa shape index (κ3) is 5.93. The van der Waals surface area contributed by atoms with Crippen molar-refractivity contribution in [3.63, 3.8) is 0 Å². The Bertz CT molecular complexity index is 323. The highest BCUT2D eigenvalue weighted by molar-refractivity contribution is 5.86. The SMILES string of the molecule is COCCN(CCCN(C)C)C(=O)C1(N)CCCC(C)C1. The quantitative estimate of drug-likeness (QED) is 0.734. The van der Waals surface area contributed by atoms with E-state index in [-0.39, 0.29) is 5.91 Å². The van der Waals surface area contributed by atoms with Gasteiger partial charge in [-0.3, -0.25) is 4.79 Å². The maximum atomic E-state index is 12.9. The Morgan fingerprint density at radius 2 is 2.05 bits per heavy atom. The molecule has 2 N–H and O–H groups in total. The minimum Gasteiger partial charge on any atom is -0.383 e. The van der Waals surface area contributed by atoms with E-state index < -0.39 is 5.54 Å². The normalized spacial score (nSPS) is 26.1. The van der Waals surface area contributed by atoms with Crippen molar-refractivity contribution in [1.82, 2.24) is 9.80 Å². The molecule has 21 heavy (non-hydrogen) atoms. The molecule has 0 bridgehead atoms. The van der Waals surface area contributed by atoms with Crippen LogP contribution in [0, 0.1) is 5.92 Å². The molecule has 0 aromatic rings. The van der Waals surface area contributed by atoms with Crippen molar-refractivity contribution in [2.24, 2.45) is 11.7 Å². The summed E-state index contributed by atoms with van der Waals surface area (Å²) in [5.74, 6) is 0.656. The average molecular weight is 299 g/mol. The van der Waals surface area contributed by atoms with Crippen LogP contribution in [0.1, 0.15) is 39.0 Å². The summed E-state index contributed by atoms with van der Waals surface area (Å²) in [6, 6.07) is 0. The van der Waals surface area contributed by atoms with E-state index in [1.165, 1.54) is 6.42 Å². The molecule has 1 aliphatic rings. The molecule has 2 atom stereocenters. The van der Waals surface area contributed by atoms with Crippen molar-refractivity contribution >= 4 is 5.91 Å². The van der Waals surface area contributed by atoms with E-state index in [4.69, 9.17) is 10.5 Å². The number of nitrogens with zero attached hydrogens (tertiary/aromatic N) is 2. The molecule has 1 fully saturated rings. The van der Waals surface area contributed by atoms with Gasteiger partial charge in [-0.2, -0.15) is 0 Å². The van der Waals surface area contributed by atoms with Crippen LogP contribution in [-0.4, -0.2) is 68.7 Å². The number of hydrogen-bond acceptors (Lipinski definition) is 4. The Morgan fingerprint density at radius 1 is 1.33 bits per heavy atom. The number of rotatable bonds is 8. The van der Waals surface area contributed by atoms with Gasteiger partial charge in [0.05, 0.1) is 12.1 Å². The highest BCUT2D eigenvalue weighted by Gasteiger charge is 2.40. The van der Waals surface area contributed by atoms with Crippen molar-refractivity contribution in [2.45, 2.75) is 44.6 Å². The minimum atomic E-state index is -0.663. The molecule has 0 aromatic heterocycles. The second-order valence-corrected chi connectivity index (χ2v) is 6.80. The van der Waals surface area contributed by atoms with Crippen molar-refractivity contribution in [1.29, 1.82) is 0 Å². The van der Waals surface area contributed by atoms with Crippen LogP contribution in [0.3, 0.4) is 0 Å². The number of carbonyl (C=O) groups excluding carboxylic acids is 1. The van der Waals surface area contributed by atoms with Gasteiger partial charge >= 0.3 is 0 Å². The van der Waals surface area contributed by atoms with Crippen LogP contribution in [0.5, 0.6) is 0 Å². The molecule has 0 spiro atoms. The molecule has 1 amide bonds. The standard InChI is InChI=1S/C16H33N3O2/c1-14-7-5-8-16(17,13-14)15(20)19(11-12-21-4)10-6-9-18(2)3/h14H,5-13,17H2,1-4H3. The zero-order valence-electron chi connectivity index (χ0n) is 14.2. The molecule has 2 unspecified atom stereocenters. The molecule has 0 radical (unpaired) electrons. The van der Waals surface area contributed by atoms with Crippen LogP contribution in [-0.2, 0) is 9.53 Å². The average Bonchev–Trinajstić information content (AvgIpc) is 2.41. The number of hydrogen-bond donors (Lipinski definition) is 1. The van der Waals surface area contributed by atoms with Gasteiger partial charge in [0, 0.05) is 20.2 Å². The summed E-state index contributed by atoms with van der Waals surface area (Å²) in [7, 11) is 5.77. The monoisotopic (exact) mass is 299 g/mol. The number of methoxy groups -OCH3 is 1. The molecule has 1 saturated carbocycles. The van der Waals surface area contributed by atoms with Gasteiger partial charge in [0.15, 0.2) is 0 Å². The first-order chi connectivity index (χ1) is 9.89. The predicted molar refractivity (Wildman–Crippen MR) is 86.2 cm³/mol. The van der Waals surface area contributed by atoms with Crippen LogP contribution >= 0.6 is 0 Å². The molecule has 5 heteroatoms. The molecular weight excluding hydrogens is 266 g/mol. The first-order valence-electron chi connectivity index (χ1n) is 8.11. The zero-order chi connectivity index (χ0) is 15.9. The lowest BCUT2D eigenvalue weighted by Gasteiger charge is -2.39. The third-order valence-electron chi connectivity index (χ3n) is 4.34. The van der Waals surface area contributed by atoms with Crippen LogP contribution in [0.2, 0.25) is 0 Å². The fourth-order valence-electron chi connectivity index (χ4n) is 3.20. The van der Waals surface area contributed by atoms with Gasteiger partial charge in [-0.25, -0.2) is 0 Å². The fourth-order valence-corrected chi connectivity index (χ4v) is 3.20. The molecule has 0 saturated heterocycles. The Labute approximate surface area is 129 Å². The number of ether oxygens (including phenoxy) is 1. The van der Waals surface area contributed by atoms with E-state index in [0.717, 1.165) is 38.8 Å². The molecule has 0 aliphatic heterocycles. The summed E-state index contributed by atoms with van der Waals surface area (Å²) in [6.45, 7) is 5.13. The van der Waals surface area contributed by atoms with Gasteiger partial charge in [-0.05, 0) is 45.8 Å². The van der Waals surface area contributed by atoms with Gasteiger partial charge in [-0.1, -0.05) is 19.8 Å². The first kappa shape index (κ1) is 18.4. The Hall–Kier alpha value is -0.650. The van der Waals surface area contributed by atoms with E-state index in [2.05, 4.69) is 25.9 Å². The molecule has 0 aromatic carbocycles. The van der Waals surface area contributed by atoms with Gasteiger partial charge in [0.25, 0.3) is 0 Å². The maximum Gasteiger partial charge on any atom is 0.242 e. The number of amides is 1. The van der Waals surface area contributed by atoms with Crippen LogP contribution in [0.4, 0.5) is 0 Å². The summed E-state index contributed by atoms with van der Waals surface area (Å²) in [5.41, 5.74) is 5.79. The minimum absolute atomic E-state index is 0.116. The third-order valence-corrected chi connectivity index (χ3v) is 4.34. The van der Waals surface area contributed by atoms with Crippen molar-refractivity contribution < 1.29 is 9.53 Å². The molecule has 124 valence electrons. The lowest BCUT2D eigenvalue weighted by molar-refractivity contribution is -0.139. The summed E-state index contributed by atoms with van der Waals surface area (Å²) < 4.78 is 5.15. The summed E-state index contributed by atoms with van der Waals surface area (Å²) >= 11 is 0. The molecule has 1 aliphatic carbocycles. The maximum absolute atomic E-state index is 12.9. The second-order valence-electron chi connectivity index (χ2n) is 6.80. The zero-order valence-corrected chi connectivity index (χ0v) is 14.2. The fraction of sp³-hybridized carbons (Fsp3) is 0.938. The number of nitrogens with two attached hydrogens (primary N) is 1. The largest absolute Gasteiger partial charge is 0.383 e. The lowest BCUT2D eigenvalue weighted by atomic mass is 9.76. The van der Waals surface area contributed by atoms with Crippen molar-refractivity contribution in [2.75, 3.05) is 47.4 Å². The number of carbonyl (C=O) groups is 1. The van der Waals surface area contributed by atoms with Crippen LogP contribution < -0.4 is 5.73 Å². The smallest absolute Gasteiger partial charge is 0.242 e. The summed E-state index contributed by atoms with van der Waals surface area (Å²) in [6.07, 6.45) is 4.83. The van der Waals surface area contributed by atoms with Crippen LogP contribution in [0.15, 0.2) is 0 Å². The molecular formula is C16H33N3O2. The molecule has 1 rings (SSSR count). The summed E-state index contributed by atoms with van der Waals surface area (Å²) in [4.78, 5) is 16.9. The topological polar surface area (TPSA) is 58.8 Å². The van der Waals surface area contributed by atoms with Crippen molar-refractivity contribution in [3.05, 3.63) is 0 Å². The Balaban J connectivity index is 2.64. The van der Waals surface area contributed by atoms with E-state index in [0.29, 0.717) is 19.1 Å². The van der Waals surface area contributed by atoms with Gasteiger partial charge in [-0.15, -0.1) is 0 Å². The molecule has 0 heterocycles. The lowest BCUT2D eigenvalue weighted by Crippen LogP contribution is -2.58. The van der Waals surface area contributed by atoms with E-state index >= 15 is 0 Å². The highest BCUT2D eigenvalue weighted by Crippen LogP contribution is 2.31. The second kappa shape index (κ2) is 8.71. The van der Waals surface area contributed by atoms with Gasteiger partial charge in [0.2, 0.25) is 5.91 Å². The van der Waals surface area contributed by atoms with Crippen molar-refractivity contribution in [3.8, 4) is 0 Å². The van der Waals surface area contributed by atoms with Gasteiger partial charge < -0.3 is 20.3 Å². The van der Waals surface area contributed by atoms with E-state index in [1.807, 2.05) is 4.90 Å². The Kier molecular flexibility index (Phi) is 7.63. The predicted octanol–water partition coefficient (Wildman–Crippen LogP) is 1.32.